The third-order valence-corrected chi connectivity index (χ3v) is 5.76. The molecule has 10 heteroatoms. The summed E-state index contributed by atoms with van der Waals surface area (Å²) < 4.78 is 19.4. The molecule has 0 radical (unpaired) electrons. The van der Waals surface area contributed by atoms with Crippen LogP contribution in [0.25, 0.3) is 0 Å². The highest BCUT2D eigenvalue weighted by molar-refractivity contribution is 7.97. The lowest BCUT2D eigenvalue weighted by atomic mass is 9.78. The Balaban J connectivity index is 0.000000858. The van der Waals surface area contributed by atoms with Gasteiger partial charge < -0.3 is 15.4 Å². The standard InChI is InChI=1S/C19H22FN5O2S.C2H6S/c1-19(4-5-19)25-18(26)27-13-6-11(7-13)12-9-22-17(23-10-12)24-16-3-2-14(28-21)8-15(16)20;1-3-2/h2-3,8-11,13H,4-7,21H2,1H3,(H,25,26)(H,22,23,24);1-2H3. The molecule has 2 aliphatic rings. The number of hydrogen-bond donors (Lipinski definition) is 3. The lowest BCUT2D eigenvalue weighted by Crippen LogP contribution is -2.40. The second-order valence-electron chi connectivity index (χ2n) is 8.01. The van der Waals surface area contributed by atoms with Gasteiger partial charge in [-0.25, -0.2) is 19.2 Å². The van der Waals surface area contributed by atoms with Crippen molar-refractivity contribution in [1.82, 2.24) is 15.3 Å². The van der Waals surface area contributed by atoms with Gasteiger partial charge in [0.05, 0.1) is 5.69 Å². The largest absolute Gasteiger partial charge is 0.446 e. The summed E-state index contributed by atoms with van der Waals surface area (Å²) in [6, 6.07) is 4.68. The van der Waals surface area contributed by atoms with Crippen LogP contribution in [0.1, 0.15) is 44.1 Å². The van der Waals surface area contributed by atoms with Crippen molar-refractivity contribution < 1.29 is 13.9 Å². The van der Waals surface area contributed by atoms with Gasteiger partial charge in [-0.05, 0) is 86.7 Å². The molecule has 2 aliphatic carbocycles. The minimum absolute atomic E-state index is 0.0696. The minimum Gasteiger partial charge on any atom is -0.446 e. The van der Waals surface area contributed by atoms with Crippen LogP contribution in [0.2, 0.25) is 0 Å². The first-order valence-electron chi connectivity index (χ1n) is 10.00. The number of nitrogens with two attached hydrogens (primary N) is 1. The maximum Gasteiger partial charge on any atom is 0.407 e. The average Bonchev–Trinajstić information content (AvgIpc) is 3.43. The number of carbonyl (C=O) groups excluding carboxylic acids is 1. The Hall–Kier alpha value is -2.04. The van der Waals surface area contributed by atoms with Crippen molar-refractivity contribution in [3.05, 3.63) is 42.0 Å². The highest BCUT2D eigenvalue weighted by atomic mass is 32.2. The fraction of sp³-hybridized carbons (Fsp3) is 0.476. The number of hydrogen-bond acceptors (Lipinski definition) is 8. The third kappa shape index (κ3) is 6.72. The number of carbonyl (C=O) groups is 1. The molecule has 0 spiro atoms. The molecule has 4 N–H and O–H groups in total. The highest BCUT2D eigenvalue weighted by Gasteiger charge is 2.41. The second-order valence-corrected chi connectivity index (χ2v) is 9.54. The molecule has 31 heavy (non-hydrogen) atoms. The van der Waals surface area contributed by atoms with E-state index < -0.39 is 5.82 Å². The van der Waals surface area contributed by atoms with E-state index in [-0.39, 0.29) is 29.3 Å². The molecule has 0 unspecified atom stereocenters. The summed E-state index contributed by atoms with van der Waals surface area (Å²) in [6.07, 6.45) is 10.7. The Morgan fingerprint density at radius 1 is 1.26 bits per heavy atom. The molecule has 7 nitrogen and oxygen atoms in total. The number of alkyl carbamates (subject to hydrolysis) is 1. The number of halogens is 1. The van der Waals surface area contributed by atoms with Crippen LogP contribution in [0.15, 0.2) is 35.5 Å². The monoisotopic (exact) mass is 465 g/mol. The van der Waals surface area contributed by atoms with Crippen molar-refractivity contribution in [1.29, 1.82) is 0 Å². The Kier molecular flexibility index (Phi) is 8.01. The number of amides is 1. The molecule has 0 atom stereocenters. The quantitative estimate of drug-likeness (QED) is 0.522. The van der Waals surface area contributed by atoms with Crippen molar-refractivity contribution >= 4 is 41.4 Å². The van der Waals surface area contributed by atoms with E-state index >= 15 is 0 Å². The lowest BCUT2D eigenvalue weighted by Gasteiger charge is -2.34. The maximum atomic E-state index is 14.0. The van der Waals surface area contributed by atoms with Crippen LogP contribution in [0.4, 0.5) is 20.8 Å². The molecular formula is C21H28FN5O2S2. The molecule has 1 aromatic heterocycles. The summed E-state index contributed by atoms with van der Waals surface area (Å²) >= 11 is 2.74. The Morgan fingerprint density at radius 2 is 1.90 bits per heavy atom. The number of anilines is 2. The zero-order valence-corrected chi connectivity index (χ0v) is 19.5. The average molecular weight is 466 g/mol. The lowest BCUT2D eigenvalue weighted by molar-refractivity contribution is 0.0373. The predicted molar refractivity (Wildman–Crippen MR) is 124 cm³/mol. The fourth-order valence-electron chi connectivity index (χ4n) is 3.08. The van der Waals surface area contributed by atoms with Gasteiger partial charge in [0, 0.05) is 22.8 Å². The van der Waals surface area contributed by atoms with Crippen LogP contribution >= 0.6 is 23.7 Å². The molecule has 1 heterocycles. The van der Waals surface area contributed by atoms with Crippen LogP contribution in [-0.4, -0.2) is 40.2 Å². The van der Waals surface area contributed by atoms with Gasteiger partial charge in [-0.1, -0.05) is 0 Å². The summed E-state index contributed by atoms with van der Waals surface area (Å²) in [7, 11) is 0. The smallest absolute Gasteiger partial charge is 0.407 e. The molecule has 1 aromatic carbocycles. The molecule has 0 aliphatic heterocycles. The van der Waals surface area contributed by atoms with E-state index in [1.807, 2.05) is 19.4 Å². The number of rotatable bonds is 6. The van der Waals surface area contributed by atoms with Gasteiger partial charge in [0.25, 0.3) is 0 Å². The van der Waals surface area contributed by atoms with Crippen LogP contribution in [-0.2, 0) is 4.74 Å². The Morgan fingerprint density at radius 3 is 2.45 bits per heavy atom. The van der Waals surface area contributed by atoms with Gasteiger partial charge in [0.1, 0.15) is 11.9 Å². The number of aromatic nitrogens is 2. The number of thioether (sulfide) groups is 1. The normalized spacial score (nSPS) is 20.5. The van der Waals surface area contributed by atoms with Gasteiger partial charge in [0.2, 0.25) is 5.95 Å². The highest BCUT2D eigenvalue weighted by Crippen LogP contribution is 2.39. The topological polar surface area (TPSA) is 102 Å². The van der Waals surface area contributed by atoms with Gasteiger partial charge in [-0.15, -0.1) is 0 Å². The number of ether oxygens (including phenoxy) is 1. The summed E-state index contributed by atoms with van der Waals surface area (Å²) in [4.78, 5) is 21.0. The predicted octanol–water partition coefficient (Wildman–Crippen LogP) is 4.83. The van der Waals surface area contributed by atoms with E-state index in [0.717, 1.165) is 43.2 Å². The van der Waals surface area contributed by atoms with Crippen LogP contribution in [0.3, 0.4) is 0 Å². The minimum atomic E-state index is -0.416. The molecule has 4 rings (SSSR count). The molecule has 168 valence electrons. The van der Waals surface area contributed by atoms with Crippen molar-refractivity contribution in [3.63, 3.8) is 0 Å². The van der Waals surface area contributed by atoms with E-state index in [2.05, 4.69) is 20.6 Å². The molecule has 1 amide bonds. The fourth-order valence-corrected chi connectivity index (χ4v) is 3.40. The molecule has 2 saturated carbocycles. The first kappa shape index (κ1) is 23.6. The number of nitrogens with zero attached hydrogens (tertiary/aromatic N) is 2. The van der Waals surface area contributed by atoms with Crippen LogP contribution < -0.4 is 15.8 Å². The zero-order chi connectivity index (χ0) is 22.4. The second kappa shape index (κ2) is 10.5. The van der Waals surface area contributed by atoms with Crippen molar-refractivity contribution in [2.24, 2.45) is 5.14 Å². The first-order valence-corrected chi connectivity index (χ1v) is 12.5. The molecule has 0 bridgehead atoms. The Labute approximate surface area is 190 Å². The number of benzene rings is 1. The SMILES string of the molecule is CC1(NC(=O)OC2CC(c3cnc(Nc4ccc(SN)cc4F)nc3)C2)CC1.CSC. The molecular weight excluding hydrogens is 437 g/mol. The summed E-state index contributed by atoms with van der Waals surface area (Å²) in [5, 5.41) is 11.2. The van der Waals surface area contributed by atoms with Crippen molar-refractivity contribution in [2.75, 3.05) is 17.8 Å². The maximum absolute atomic E-state index is 14.0. The summed E-state index contributed by atoms with van der Waals surface area (Å²) in [5.74, 6) is 0.168. The summed E-state index contributed by atoms with van der Waals surface area (Å²) in [5.41, 5.74) is 1.20. The van der Waals surface area contributed by atoms with Crippen LogP contribution in [0, 0.1) is 5.82 Å². The zero-order valence-electron chi connectivity index (χ0n) is 17.9. The first-order chi connectivity index (χ1) is 14.9. The van der Waals surface area contributed by atoms with Crippen molar-refractivity contribution in [3.8, 4) is 0 Å². The van der Waals surface area contributed by atoms with Gasteiger partial charge in [-0.2, -0.15) is 11.8 Å². The van der Waals surface area contributed by atoms with E-state index in [4.69, 9.17) is 9.88 Å². The molecule has 2 aromatic rings. The van der Waals surface area contributed by atoms with Crippen LogP contribution in [0.5, 0.6) is 0 Å². The third-order valence-electron chi connectivity index (χ3n) is 5.24. The van der Waals surface area contributed by atoms with Gasteiger partial charge in [-0.3, -0.25) is 5.14 Å². The van der Waals surface area contributed by atoms with E-state index in [9.17, 15) is 9.18 Å². The Bertz CT molecular complexity index is 890. The van der Waals surface area contributed by atoms with E-state index in [0.29, 0.717) is 10.8 Å². The van der Waals surface area contributed by atoms with Gasteiger partial charge >= 0.3 is 6.09 Å². The van der Waals surface area contributed by atoms with Gasteiger partial charge in [0.15, 0.2) is 0 Å². The van der Waals surface area contributed by atoms with E-state index in [1.165, 1.54) is 6.07 Å². The molecule has 2 fully saturated rings. The molecule has 0 saturated heterocycles. The summed E-state index contributed by atoms with van der Waals surface area (Å²) in [6.45, 7) is 2.02. The van der Waals surface area contributed by atoms with E-state index in [1.54, 1.807) is 36.3 Å². The number of nitrogens with one attached hydrogen (secondary N) is 2. The van der Waals surface area contributed by atoms with Crippen molar-refractivity contribution in [2.45, 2.75) is 55.1 Å².